The number of hydrogen-bond acceptors (Lipinski definition) is 3. The average molecular weight is 224 g/mol. The third kappa shape index (κ3) is 4.37. The van der Waals surface area contributed by atoms with Crippen LogP contribution in [0.3, 0.4) is 0 Å². The maximum absolute atomic E-state index is 5.45. The number of rotatable bonds is 8. The zero-order chi connectivity index (χ0) is 11.8. The predicted octanol–water partition coefficient (Wildman–Crippen LogP) is 2.66. The molecule has 1 aromatic rings. The molecule has 0 aromatic carbocycles. The van der Waals surface area contributed by atoms with Crippen molar-refractivity contribution < 1.29 is 4.42 Å². The monoisotopic (exact) mass is 224 g/mol. The van der Waals surface area contributed by atoms with Crippen LogP contribution in [0.25, 0.3) is 0 Å². The normalized spacial score (nSPS) is 13.2. The Bertz CT molecular complexity index is 257. The van der Waals surface area contributed by atoms with Gasteiger partial charge in [-0.15, -0.1) is 0 Å². The molecule has 1 atom stereocenters. The second-order valence-electron chi connectivity index (χ2n) is 4.41. The van der Waals surface area contributed by atoms with Gasteiger partial charge in [-0.25, -0.2) is 0 Å². The lowest BCUT2D eigenvalue weighted by Crippen LogP contribution is -2.31. The van der Waals surface area contributed by atoms with Crippen LogP contribution in [0.2, 0.25) is 0 Å². The summed E-state index contributed by atoms with van der Waals surface area (Å²) in [7, 11) is 4.17. The summed E-state index contributed by atoms with van der Waals surface area (Å²) in [5, 5.41) is 3.49. The fourth-order valence-electron chi connectivity index (χ4n) is 1.76. The Morgan fingerprint density at radius 2 is 2.19 bits per heavy atom. The van der Waals surface area contributed by atoms with Crippen molar-refractivity contribution in [2.75, 3.05) is 27.2 Å². The lowest BCUT2D eigenvalue weighted by molar-refractivity contribution is 0.250. The largest absolute Gasteiger partial charge is 0.468 e. The van der Waals surface area contributed by atoms with Crippen LogP contribution in [0.4, 0.5) is 0 Å². The van der Waals surface area contributed by atoms with Gasteiger partial charge >= 0.3 is 0 Å². The van der Waals surface area contributed by atoms with Crippen molar-refractivity contribution in [3.05, 3.63) is 24.2 Å². The van der Waals surface area contributed by atoms with E-state index in [1.165, 1.54) is 19.3 Å². The molecule has 1 rings (SSSR count). The van der Waals surface area contributed by atoms with Crippen molar-refractivity contribution in [1.29, 1.82) is 0 Å². The topological polar surface area (TPSA) is 28.4 Å². The van der Waals surface area contributed by atoms with E-state index in [2.05, 4.69) is 31.2 Å². The van der Waals surface area contributed by atoms with Crippen LogP contribution in [0.5, 0.6) is 0 Å². The molecule has 0 bridgehead atoms. The lowest BCUT2D eigenvalue weighted by Gasteiger charge is -2.22. The number of hydrogen-bond donors (Lipinski definition) is 1. The number of likely N-dealkylation sites (N-methyl/N-ethyl adjacent to an activating group) is 1. The molecule has 0 aliphatic heterocycles. The van der Waals surface area contributed by atoms with Crippen LogP contribution in [-0.2, 0) is 0 Å². The molecular formula is C13H24N2O. The molecule has 0 amide bonds. The third-order valence-electron chi connectivity index (χ3n) is 2.79. The highest BCUT2D eigenvalue weighted by atomic mass is 16.3. The van der Waals surface area contributed by atoms with E-state index in [9.17, 15) is 0 Å². The predicted molar refractivity (Wildman–Crippen MR) is 67.5 cm³/mol. The molecule has 0 saturated heterocycles. The van der Waals surface area contributed by atoms with Crippen molar-refractivity contribution in [3.8, 4) is 0 Å². The minimum absolute atomic E-state index is 0.330. The van der Waals surface area contributed by atoms with Crippen LogP contribution in [0.15, 0.2) is 22.8 Å². The molecular weight excluding hydrogens is 200 g/mol. The Balaban J connectivity index is 2.30. The fourth-order valence-corrected chi connectivity index (χ4v) is 1.76. The molecule has 1 aromatic heterocycles. The van der Waals surface area contributed by atoms with Crippen LogP contribution in [0, 0.1) is 0 Å². The first-order valence-corrected chi connectivity index (χ1v) is 6.16. The lowest BCUT2D eigenvalue weighted by atomic mass is 10.2. The van der Waals surface area contributed by atoms with Gasteiger partial charge in [-0.3, -0.25) is 4.90 Å². The number of unbranched alkanes of at least 4 members (excludes halogenated alkanes) is 2. The van der Waals surface area contributed by atoms with E-state index in [4.69, 9.17) is 4.42 Å². The summed E-state index contributed by atoms with van der Waals surface area (Å²) in [5.41, 5.74) is 0. The second-order valence-corrected chi connectivity index (χ2v) is 4.41. The first-order valence-electron chi connectivity index (χ1n) is 6.16. The highest BCUT2D eigenvalue weighted by Gasteiger charge is 2.15. The van der Waals surface area contributed by atoms with Crippen LogP contribution in [0.1, 0.15) is 38.0 Å². The summed E-state index contributed by atoms with van der Waals surface area (Å²) in [6.07, 6.45) is 5.58. The number of furan rings is 1. The van der Waals surface area contributed by atoms with Gasteiger partial charge in [0.05, 0.1) is 12.3 Å². The molecule has 1 heterocycles. The Labute approximate surface area is 98.8 Å². The van der Waals surface area contributed by atoms with Gasteiger partial charge in [0.15, 0.2) is 0 Å². The summed E-state index contributed by atoms with van der Waals surface area (Å²) in [6.45, 7) is 4.27. The minimum Gasteiger partial charge on any atom is -0.468 e. The van der Waals surface area contributed by atoms with Crippen LogP contribution >= 0.6 is 0 Å². The van der Waals surface area contributed by atoms with Gasteiger partial charge in [0.2, 0.25) is 0 Å². The van der Waals surface area contributed by atoms with E-state index in [0.29, 0.717) is 6.04 Å². The maximum atomic E-state index is 5.45. The van der Waals surface area contributed by atoms with Gasteiger partial charge in [0, 0.05) is 6.54 Å². The van der Waals surface area contributed by atoms with E-state index in [-0.39, 0.29) is 0 Å². The number of nitrogens with zero attached hydrogens (tertiary/aromatic N) is 1. The fraction of sp³-hybridized carbons (Fsp3) is 0.692. The minimum atomic E-state index is 0.330. The Kier molecular flexibility index (Phi) is 6.19. The van der Waals surface area contributed by atoms with E-state index in [0.717, 1.165) is 18.8 Å². The van der Waals surface area contributed by atoms with Crippen LogP contribution < -0.4 is 5.32 Å². The summed E-state index contributed by atoms with van der Waals surface area (Å²) in [5.74, 6) is 1.04. The standard InChI is InChI=1S/C13H24N2O/c1-4-5-6-9-14-11-12(15(2)3)13-8-7-10-16-13/h7-8,10,12,14H,4-6,9,11H2,1-3H3. The summed E-state index contributed by atoms with van der Waals surface area (Å²) in [6, 6.07) is 4.32. The number of nitrogens with one attached hydrogen (secondary N) is 1. The molecule has 3 heteroatoms. The third-order valence-corrected chi connectivity index (χ3v) is 2.79. The molecule has 0 aliphatic carbocycles. The van der Waals surface area contributed by atoms with E-state index >= 15 is 0 Å². The smallest absolute Gasteiger partial charge is 0.122 e. The first-order chi connectivity index (χ1) is 7.75. The molecule has 1 N–H and O–H groups in total. The van der Waals surface area contributed by atoms with Crippen LogP contribution in [-0.4, -0.2) is 32.1 Å². The Morgan fingerprint density at radius 3 is 2.75 bits per heavy atom. The molecule has 92 valence electrons. The van der Waals surface area contributed by atoms with Gasteiger partial charge in [0.25, 0.3) is 0 Å². The molecule has 1 unspecified atom stereocenters. The molecule has 0 aliphatic rings. The Hall–Kier alpha value is -0.800. The molecule has 3 nitrogen and oxygen atoms in total. The molecule has 0 radical (unpaired) electrons. The van der Waals surface area contributed by atoms with E-state index < -0.39 is 0 Å². The van der Waals surface area contributed by atoms with E-state index in [1.54, 1.807) is 6.26 Å². The quantitative estimate of drug-likeness (QED) is 0.688. The molecule has 0 spiro atoms. The van der Waals surface area contributed by atoms with Crippen molar-refractivity contribution in [1.82, 2.24) is 10.2 Å². The summed E-state index contributed by atoms with van der Waals surface area (Å²) < 4.78 is 5.45. The van der Waals surface area contributed by atoms with Gasteiger partial charge in [-0.05, 0) is 39.2 Å². The Morgan fingerprint density at radius 1 is 1.38 bits per heavy atom. The summed E-state index contributed by atoms with van der Waals surface area (Å²) in [4.78, 5) is 2.19. The SMILES string of the molecule is CCCCCNCC(c1ccco1)N(C)C. The van der Waals surface area contributed by atoms with Crippen molar-refractivity contribution in [2.45, 2.75) is 32.2 Å². The van der Waals surface area contributed by atoms with Gasteiger partial charge in [-0.2, -0.15) is 0 Å². The molecule has 0 fully saturated rings. The average Bonchev–Trinajstić information content (AvgIpc) is 2.76. The highest BCUT2D eigenvalue weighted by Crippen LogP contribution is 2.17. The highest BCUT2D eigenvalue weighted by molar-refractivity contribution is 5.04. The van der Waals surface area contributed by atoms with Crippen molar-refractivity contribution in [3.63, 3.8) is 0 Å². The first kappa shape index (κ1) is 13.3. The van der Waals surface area contributed by atoms with Crippen molar-refractivity contribution in [2.24, 2.45) is 0 Å². The van der Waals surface area contributed by atoms with Gasteiger partial charge in [0.1, 0.15) is 5.76 Å². The van der Waals surface area contributed by atoms with Gasteiger partial charge < -0.3 is 9.73 Å². The van der Waals surface area contributed by atoms with E-state index in [1.807, 2.05) is 12.1 Å². The molecule has 0 saturated carbocycles. The zero-order valence-corrected chi connectivity index (χ0v) is 10.7. The zero-order valence-electron chi connectivity index (χ0n) is 10.7. The molecule has 16 heavy (non-hydrogen) atoms. The maximum Gasteiger partial charge on any atom is 0.122 e. The second kappa shape index (κ2) is 7.47. The van der Waals surface area contributed by atoms with Gasteiger partial charge in [-0.1, -0.05) is 19.8 Å². The summed E-state index contributed by atoms with van der Waals surface area (Å²) >= 11 is 0. The van der Waals surface area contributed by atoms with Crippen molar-refractivity contribution >= 4 is 0 Å².